The van der Waals surface area contributed by atoms with Crippen LogP contribution in [-0.4, -0.2) is 55.8 Å². The standard InChI is InChI=1S/C31H31N3O5/c1-4-13-34(2)31(35)21-5-7-25(28(17-21)36-3)29-18-26-30(39-29)24(9-12-33-26)20-6-8-27(22(16-20)19-32)38-23-10-14-37-15-11-23/h5-9,12,16-18,23H,4,10-11,13-15H2,1-3H3. The van der Waals surface area contributed by atoms with Crippen molar-refractivity contribution in [3.05, 3.63) is 65.9 Å². The summed E-state index contributed by atoms with van der Waals surface area (Å²) in [7, 11) is 3.36. The van der Waals surface area contributed by atoms with Gasteiger partial charge in [0.25, 0.3) is 5.91 Å². The number of pyridine rings is 1. The van der Waals surface area contributed by atoms with Crippen molar-refractivity contribution in [2.24, 2.45) is 0 Å². The number of fused-ring (bicyclic) bond motifs is 1. The minimum atomic E-state index is -0.0622. The molecule has 0 saturated carbocycles. The lowest BCUT2D eigenvalue weighted by Crippen LogP contribution is -2.27. The maximum absolute atomic E-state index is 12.8. The van der Waals surface area contributed by atoms with E-state index in [1.54, 1.807) is 37.4 Å². The van der Waals surface area contributed by atoms with Crippen molar-refractivity contribution in [1.29, 1.82) is 5.26 Å². The Hall–Kier alpha value is -4.35. The van der Waals surface area contributed by atoms with Gasteiger partial charge in [0.15, 0.2) is 5.58 Å². The lowest BCUT2D eigenvalue weighted by atomic mass is 10.0. The van der Waals surface area contributed by atoms with Crippen LogP contribution in [-0.2, 0) is 4.74 Å². The number of nitrogens with zero attached hydrogens (tertiary/aromatic N) is 3. The van der Waals surface area contributed by atoms with Crippen molar-refractivity contribution in [2.45, 2.75) is 32.3 Å². The van der Waals surface area contributed by atoms with E-state index in [1.807, 2.05) is 43.3 Å². The smallest absolute Gasteiger partial charge is 0.253 e. The fraction of sp³-hybridized carbons (Fsp3) is 0.323. The topological polar surface area (TPSA) is 97.8 Å². The van der Waals surface area contributed by atoms with Crippen molar-refractivity contribution in [3.63, 3.8) is 0 Å². The summed E-state index contributed by atoms with van der Waals surface area (Å²) >= 11 is 0. The zero-order valence-corrected chi connectivity index (χ0v) is 22.4. The molecule has 3 heterocycles. The molecule has 1 aliphatic heterocycles. The SMILES string of the molecule is CCCN(C)C(=O)c1ccc(-c2cc3nccc(-c4ccc(OC5CCOCC5)c(C#N)c4)c3o2)c(OC)c1. The molecule has 1 fully saturated rings. The van der Waals surface area contributed by atoms with Crippen molar-refractivity contribution in [3.8, 4) is 40.0 Å². The van der Waals surface area contributed by atoms with Gasteiger partial charge in [-0.25, -0.2) is 0 Å². The van der Waals surface area contributed by atoms with Gasteiger partial charge in [-0.2, -0.15) is 5.26 Å². The number of carbonyl (C=O) groups excluding carboxylic acids is 1. The summed E-state index contributed by atoms with van der Waals surface area (Å²) < 4.78 is 23.5. The van der Waals surface area contributed by atoms with Crippen LogP contribution in [0.25, 0.3) is 33.6 Å². The highest BCUT2D eigenvalue weighted by Crippen LogP contribution is 2.38. The number of rotatable bonds is 8. The molecule has 1 amide bonds. The molecule has 1 saturated heterocycles. The van der Waals surface area contributed by atoms with E-state index in [0.29, 0.717) is 64.8 Å². The summed E-state index contributed by atoms with van der Waals surface area (Å²) in [6, 6.07) is 16.9. The number of nitriles is 1. The van der Waals surface area contributed by atoms with Crippen molar-refractivity contribution >= 4 is 17.0 Å². The van der Waals surface area contributed by atoms with Crippen LogP contribution in [0.2, 0.25) is 0 Å². The number of carbonyl (C=O) groups is 1. The molecular weight excluding hydrogens is 494 g/mol. The summed E-state index contributed by atoms with van der Waals surface area (Å²) in [6.07, 6.45) is 4.26. The van der Waals surface area contributed by atoms with E-state index in [-0.39, 0.29) is 12.0 Å². The lowest BCUT2D eigenvalue weighted by molar-refractivity contribution is 0.0254. The number of hydrogen-bond acceptors (Lipinski definition) is 7. The first-order valence-electron chi connectivity index (χ1n) is 13.1. The number of furan rings is 1. The van der Waals surface area contributed by atoms with Crippen LogP contribution in [0.15, 0.2) is 59.1 Å². The fourth-order valence-electron chi connectivity index (χ4n) is 4.84. The molecule has 39 heavy (non-hydrogen) atoms. The average Bonchev–Trinajstić information content (AvgIpc) is 3.42. The van der Waals surface area contributed by atoms with E-state index in [0.717, 1.165) is 30.4 Å². The van der Waals surface area contributed by atoms with E-state index in [1.165, 1.54) is 0 Å². The Bertz CT molecular complexity index is 1530. The summed E-state index contributed by atoms with van der Waals surface area (Å²) in [5.41, 5.74) is 4.64. The van der Waals surface area contributed by atoms with Gasteiger partial charge >= 0.3 is 0 Å². The van der Waals surface area contributed by atoms with Gasteiger partial charge in [0.2, 0.25) is 0 Å². The van der Waals surface area contributed by atoms with Crippen LogP contribution < -0.4 is 9.47 Å². The van der Waals surface area contributed by atoms with Gasteiger partial charge in [-0.05, 0) is 48.4 Å². The third-order valence-electron chi connectivity index (χ3n) is 6.90. The maximum atomic E-state index is 12.8. The minimum Gasteiger partial charge on any atom is -0.496 e. The second-order valence-electron chi connectivity index (χ2n) is 9.58. The minimum absolute atomic E-state index is 0.0423. The van der Waals surface area contributed by atoms with E-state index in [2.05, 4.69) is 11.1 Å². The van der Waals surface area contributed by atoms with Crippen molar-refractivity contribution in [2.75, 3.05) is 33.9 Å². The maximum Gasteiger partial charge on any atom is 0.253 e. The Morgan fingerprint density at radius 1 is 1.10 bits per heavy atom. The van der Waals surface area contributed by atoms with Gasteiger partial charge in [-0.1, -0.05) is 13.0 Å². The molecule has 0 aliphatic carbocycles. The molecule has 1 aliphatic rings. The Morgan fingerprint density at radius 3 is 2.67 bits per heavy atom. The predicted octanol–water partition coefficient (Wildman–Crippen LogP) is 6.08. The molecule has 0 radical (unpaired) electrons. The number of aromatic nitrogens is 1. The number of hydrogen-bond donors (Lipinski definition) is 0. The van der Waals surface area contributed by atoms with Gasteiger partial charge in [-0.3, -0.25) is 9.78 Å². The first-order chi connectivity index (χ1) is 19.0. The van der Waals surface area contributed by atoms with E-state index in [4.69, 9.17) is 18.6 Å². The Morgan fingerprint density at radius 2 is 1.92 bits per heavy atom. The molecule has 0 unspecified atom stereocenters. The molecular formula is C31H31N3O5. The van der Waals surface area contributed by atoms with Gasteiger partial charge in [-0.15, -0.1) is 0 Å². The molecule has 200 valence electrons. The number of methoxy groups -OCH3 is 1. The average molecular weight is 526 g/mol. The molecule has 4 aromatic rings. The first-order valence-corrected chi connectivity index (χ1v) is 13.1. The molecule has 2 aromatic carbocycles. The van der Waals surface area contributed by atoms with Gasteiger partial charge in [0.05, 0.1) is 31.5 Å². The van der Waals surface area contributed by atoms with Crippen LogP contribution in [0.1, 0.15) is 42.1 Å². The van der Waals surface area contributed by atoms with Crippen LogP contribution in [0.3, 0.4) is 0 Å². The number of ether oxygens (including phenoxy) is 3. The zero-order valence-electron chi connectivity index (χ0n) is 22.4. The molecule has 0 N–H and O–H groups in total. The molecule has 2 aromatic heterocycles. The third-order valence-corrected chi connectivity index (χ3v) is 6.90. The highest BCUT2D eigenvalue weighted by Gasteiger charge is 2.20. The summed E-state index contributed by atoms with van der Waals surface area (Å²) in [4.78, 5) is 19.0. The van der Waals surface area contributed by atoms with Gasteiger partial charge < -0.3 is 23.5 Å². The van der Waals surface area contributed by atoms with Gasteiger partial charge in [0.1, 0.15) is 34.9 Å². The molecule has 8 nitrogen and oxygen atoms in total. The Labute approximate surface area is 227 Å². The first kappa shape index (κ1) is 26.3. The summed E-state index contributed by atoms with van der Waals surface area (Å²) in [5.74, 6) is 1.62. The Kier molecular flexibility index (Phi) is 7.80. The monoisotopic (exact) mass is 525 g/mol. The van der Waals surface area contributed by atoms with Crippen molar-refractivity contribution < 1.29 is 23.4 Å². The lowest BCUT2D eigenvalue weighted by Gasteiger charge is -2.23. The number of benzene rings is 2. The molecule has 0 atom stereocenters. The van der Waals surface area contributed by atoms with Crippen molar-refractivity contribution in [1.82, 2.24) is 9.88 Å². The highest BCUT2D eigenvalue weighted by molar-refractivity contribution is 5.96. The van der Waals surface area contributed by atoms with Gasteiger partial charge in [0, 0.05) is 49.8 Å². The normalized spacial score (nSPS) is 13.7. The molecule has 0 bridgehead atoms. The third kappa shape index (κ3) is 5.45. The zero-order chi connectivity index (χ0) is 27.4. The van der Waals surface area contributed by atoms with Crippen LogP contribution in [0.4, 0.5) is 0 Å². The molecule has 0 spiro atoms. The summed E-state index contributed by atoms with van der Waals surface area (Å²) in [5, 5.41) is 9.84. The second-order valence-corrected chi connectivity index (χ2v) is 9.58. The van der Waals surface area contributed by atoms with Crippen LogP contribution >= 0.6 is 0 Å². The van der Waals surface area contributed by atoms with Crippen LogP contribution in [0, 0.1) is 11.3 Å². The molecule has 5 rings (SSSR count). The highest BCUT2D eigenvalue weighted by atomic mass is 16.5. The van der Waals surface area contributed by atoms with Crippen LogP contribution in [0.5, 0.6) is 11.5 Å². The summed E-state index contributed by atoms with van der Waals surface area (Å²) in [6.45, 7) is 4.05. The second kappa shape index (κ2) is 11.6. The Balaban J connectivity index is 1.48. The molecule has 8 heteroatoms. The van der Waals surface area contributed by atoms with E-state index < -0.39 is 0 Å². The quantitative estimate of drug-likeness (QED) is 0.275. The predicted molar refractivity (Wildman–Crippen MR) is 148 cm³/mol. The fourth-order valence-corrected chi connectivity index (χ4v) is 4.84. The number of amides is 1. The largest absolute Gasteiger partial charge is 0.496 e. The van der Waals surface area contributed by atoms with E-state index >= 15 is 0 Å². The van der Waals surface area contributed by atoms with E-state index in [9.17, 15) is 10.1 Å².